The molecule has 0 radical (unpaired) electrons. The van der Waals surface area contributed by atoms with Crippen molar-refractivity contribution in [2.24, 2.45) is 0 Å². The van der Waals surface area contributed by atoms with Crippen LogP contribution < -0.4 is 10.2 Å². The number of hydrogen-bond donors (Lipinski definition) is 1. The van der Waals surface area contributed by atoms with Crippen LogP contribution in [0.25, 0.3) is 0 Å². The lowest BCUT2D eigenvalue weighted by atomic mass is 10.0. The Bertz CT molecular complexity index is 475. The second kappa shape index (κ2) is 6.37. The van der Waals surface area contributed by atoms with E-state index in [2.05, 4.69) is 54.2 Å². The van der Waals surface area contributed by atoms with E-state index < -0.39 is 0 Å². The summed E-state index contributed by atoms with van der Waals surface area (Å²) in [5, 5.41) is 3.76. The topological polar surface area (TPSA) is 18.5 Å². The molecule has 0 unspecified atom stereocenters. The smallest absolute Gasteiger partial charge is 0.0397 e. The summed E-state index contributed by atoms with van der Waals surface area (Å²) in [5.74, 6) is 0. The number of nitrogens with one attached hydrogen (secondary N) is 1. The fraction of sp³-hybridized carbons (Fsp3) is 0.667. The predicted molar refractivity (Wildman–Crippen MR) is 90.0 cm³/mol. The number of piperidine rings is 1. The Hall–Kier alpha value is -1.06. The number of likely N-dealkylation sites (tertiary alicyclic amines) is 1. The molecule has 1 aromatic rings. The van der Waals surface area contributed by atoms with Crippen molar-refractivity contribution < 1.29 is 0 Å². The highest BCUT2D eigenvalue weighted by atomic mass is 15.2. The van der Waals surface area contributed by atoms with Crippen LogP contribution in [0.1, 0.15) is 37.8 Å². The Morgan fingerprint density at radius 3 is 2.67 bits per heavy atom. The van der Waals surface area contributed by atoms with Gasteiger partial charge in [-0.25, -0.2) is 0 Å². The first-order valence-corrected chi connectivity index (χ1v) is 8.44. The zero-order chi connectivity index (χ0) is 14.8. The lowest BCUT2D eigenvalue weighted by Crippen LogP contribution is -2.44. The van der Waals surface area contributed by atoms with Gasteiger partial charge >= 0.3 is 0 Å². The minimum Gasteiger partial charge on any atom is -0.374 e. The Balaban J connectivity index is 1.50. The number of benzene rings is 1. The van der Waals surface area contributed by atoms with E-state index in [-0.39, 0.29) is 0 Å². The highest BCUT2D eigenvalue weighted by Crippen LogP contribution is 2.27. The van der Waals surface area contributed by atoms with Gasteiger partial charge in [0.2, 0.25) is 0 Å². The van der Waals surface area contributed by atoms with Crippen LogP contribution in [-0.2, 0) is 13.0 Å². The van der Waals surface area contributed by atoms with E-state index in [1.807, 2.05) is 0 Å². The number of rotatable bonds is 4. The van der Waals surface area contributed by atoms with Crippen molar-refractivity contribution in [3.63, 3.8) is 0 Å². The molecule has 1 aromatic carbocycles. The molecular weight excluding hydrogens is 258 g/mol. The van der Waals surface area contributed by atoms with Crippen LogP contribution in [0, 0.1) is 0 Å². The SMILES string of the molecule is CC(C)N1CCC(NCc2ccc3c(c2)CCN3C)CC1. The number of anilines is 1. The molecule has 0 atom stereocenters. The van der Waals surface area contributed by atoms with Crippen LogP contribution in [0.15, 0.2) is 18.2 Å². The average molecular weight is 287 g/mol. The highest BCUT2D eigenvalue weighted by molar-refractivity contribution is 5.58. The molecule has 116 valence electrons. The molecule has 1 N–H and O–H groups in total. The van der Waals surface area contributed by atoms with E-state index in [1.165, 1.54) is 55.7 Å². The Labute approximate surface area is 129 Å². The third-order valence-corrected chi connectivity index (χ3v) is 5.13. The molecule has 3 rings (SSSR count). The monoisotopic (exact) mass is 287 g/mol. The molecule has 3 heteroatoms. The zero-order valence-corrected chi connectivity index (χ0v) is 13.7. The average Bonchev–Trinajstić information content (AvgIpc) is 2.86. The first kappa shape index (κ1) is 14.9. The molecular formula is C18H29N3. The summed E-state index contributed by atoms with van der Waals surface area (Å²) in [6.07, 6.45) is 3.77. The largest absolute Gasteiger partial charge is 0.374 e. The minimum absolute atomic E-state index is 0.691. The summed E-state index contributed by atoms with van der Waals surface area (Å²) in [6.45, 7) is 9.27. The van der Waals surface area contributed by atoms with Crippen LogP contribution in [0.2, 0.25) is 0 Å². The van der Waals surface area contributed by atoms with Crippen molar-refractivity contribution in [2.75, 3.05) is 31.6 Å². The summed E-state index contributed by atoms with van der Waals surface area (Å²) < 4.78 is 0. The van der Waals surface area contributed by atoms with Crippen LogP contribution in [0.3, 0.4) is 0 Å². The lowest BCUT2D eigenvalue weighted by molar-refractivity contribution is 0.161. The zero-order valence-electron chi connectivity index (χ0n) is 13.7. The Kier molecular flexibility index (Phi) is 4.51. The molecule has 0 saturated carbocycles. The molecule has 2 aliphatic heterocycles. The van der Waals surface area contributed by atoms with Crippen molar-refractivity contribution in [1.29, 1.82) is 0 Å². The number of hydrogen-bond acceptors (Lipinski definition) is 3. The van der Waals surface area contributed by atoms with E-state index in [9.17, 15) is 0 Å². The maximum Gasteiger partial charge on any atom is 0.0397 e. The lowest BCUT2D eigenvalue weighted by Gasteiger charge is -2.35. The first-order valence-electron chi connectivity index (χ1n) is 8.44. The summed E-state index contributed by atoms with van der Waals surface area (Å²) >= 11 is 0. The summed E-state index contributed by atoms with van der Waals surface area (Å²) in [6, 6.07) is 8.36. The van der Waals surface area contributed by atoms with Crippen LogP contribution in [0.4, 0.5) is 5.69 Å². The van der Waals surface area contributed by atoms with Crippen LogP contribution in [0.5, 0.6) is 0 Å². The molecule has 3 nitrogen and oxygen atoms in total. The molecule has 2 aliphatic rings. The Morgan fingerprint density at radius 1 is 1.19 bits per heavy atom. The summed E-state index contributed by atoms with van der Waals surface area (Å²) in [4.78, 5) is 4.94. The number of fused-ring (bicyclic) bond motifs is 1. The van der Waals surface area contributed by atoms with Crippen LogP contribution in [-0.4, -0.2) is 43.7 Å². The fourth-order valence-electron chi connectivity index (χ4n) is 3.61. The van der Waals surface area contributed by atoms with Crippen molar-refractivity contribution in [3.8, 4) is 0 Å². The first-order chi connectivity index (χ1) is 10.1. The number of likely N-dealkylation sites (N-methyl/N-ethyl adjacent to an activating group) is 1. The van der Waals surface area contributed by atoms with E-state index in [0.717, 1.165) is 6.54 Å². The quantitative estimate of drug-likeness (QED) is 0.918. The summed E-state index contributed by atoms with van der Waals surface area (Å²) in [7, 11) is 2.19. The highest BCUT2D eigenvalue weighted by Gasteiger charge is 2.20. The third-order valence-electron chi connectivity index (χ3n) is 5.13. The third kappa shape index (κ3) is 3.41. The Morgan fingerprint density at radius 2 is 1.95 bits per heavy atom. The molecule has 2 heterocycles. The van der Waals surface area contributed by atoms with E-state index in [1.54, 1.807) is 0 Å². The van der Waals surface area contributed by atoms with Gasteiger partial charge in [-0.3, -0.25) is 0 Å². The maximum atomic E-state index is 3.76. The molecule has 21 heavy (non-hydrogen) atoms. The van der Waals surface area contributed by atoms with Crippen molar-refractivity contribution in [3.05, 3.63) is 29.3 Å². The van der Waals surface area contributed by atoms with Gasteiger partial charge in [-0.15, -0.1) is 0 Å². The van der Waals surface area contributed by atoms with Gasteiger partial charge in [0.15, 0.2) is 0 Å². The van der Waals surface area contributed by atoms with Gasteiger partial charge in [0.25, 0.3) is 0 Å². The van der Waals surface area contributed by atoms with Gasteiger partial charge in [-0.2, -0.15) is 0 Å². The number of nitrogens with zero attached hydrogens (tertiary/aromatic N) is 2. The van der Waals surface area contributed by atoms with Crippen molar-refractivity contribution in [1.82, 2.24) is 10.2 Å². The van der Waals surface area contributed by atoms with Gasteiger partial charge in [0.05, 0.1) is 0 Å². The van der Waals surface area contributed by atoms with Gasteiger partial charge in [-0.05, 0) is 63.4 Å². The minimum atomic E-state index is 0.691. The van der Waals surface area contributed by atoms with Crippen LogP contribution >= 0.6 is 0 Å². The van der Waals surface area contributed by atoms with Gasteiger partial charge < -0.3 is 15.1 Å². The predicted octanol–water partition coefficient (Wildman–Crippen LogP) is 2.64. The van der Waals surface area contributed by atoms with E-state index in [0.29, 0.717) is 12.1 Å². The van der Waals surface area contributed by atoms with Crippen molar-refractivity contribution in [2.45, 2.75) is 51.7 Å². The second-order valence-corrected chi connectivity index (χ2v) is 6.92. The van der Waals surface area contributed by atoms with Gasteiger partial charge in [0, 0.05) is 37.9 Å². The van der Waals surface area contributed by atoms with E-state index in [4.69, 9.17) is 0 Å². The van der Waals surface area contributed by atoms with Crippen molar-refractivity contribution >= 4 is 5.69 Å². The van der Waals surface area contributed by atoms with E-state index >= 15 is 0 Å². The van der Waals surface area contributed by atoms with Gasteiger partial charge in [-0.1, -0.05) is 12.1 Å². The molecule has 0 amide bonds. The maximum absolute atomic E-state index is 3.76. The summed E-state index contributed by atoms with van der Waals surface area (Å²) in [5.41, 5.74) is 4.38. The normalized spacial score (nSPS) is 20.3. The molecule has 0 aromatic heterocycles. The molecule has 0 aliphatic carbocycles. The standard InChI is InChI=1S/C18H29N3/c1-14(2)21-10-7-17(8-11-21)19-13-15-4-5-18-16(12-15)6-9-20(18)3/h4-5,12,14,17,19H,6-11,13H2,1-3H3. The molecule has 0 spiro atoms. The molecule has 1 saturated heterocycles. The second-order valence-electron chi connectivity index (χ2n) is 6.92. The molecule has 0 bridgehead atoms. The fourth-order valence-corrected chi connectivity index (χ4v) is 3.61. The van der Waals surface area contributed by atoms with Gasteiger partial charge in [0.1, 0.15) is 0 Å². The molecule has 1 fully saturated rings.